The summed E-state index contributed by atoms with van der Waals surface area (Å²) in [6.07, 6.45) is -0.347. The Morgan fingerprint density at radius 3 is 1.74 bits per heavy atom. The fraction of sp³-hybridized carbons (Fsp3) is 0.516. The van der Waals surface area contributed by atoms with Gasteiger partial charge in [-0.05, 0) is 80.2 Å². The molecule has 0 unspecified atom stereocenters. The van der Waals surface area contributed by atoms with Gasteiger partial charge >= 0.3 is 11.9 Å². The van der Waals surface area contributed by atoms with Crippen molar-refractivity contribution in [1.29, 1.82) is 0 Å². The summed E-state index contributed by atoms with van der Waals surface area (Å²) in [5, 5.41) is 83.3. The second kappa shape index (κ2) is 36.6. The summed E-state index contributed by atoms with van der Waals surface area (Å²) in [6.45, 7) is 5.91. The quantitative estimate of drug-likeness (QED) is 0.0201. The number of benzene rings is 2. The van der Waals surface area contributed by atoms with Crippen LogP contribution in [0.25, 0.3) is 10.9 Å². The van der Waals surface area contributed by atoms with Crippen LogP contribution in [0.4, 0.5) is 0 Å². The molecule has 4 aromatic rings. The van der Waals surface area contributed by atoms with Gasteiger partial charge in [-0.25, -0.2) is 9.78 Å². The van der Waals surface area contributed by atoms with Crippen LogP contribution >= 0.6 is 0 Å². The van der Waals surface area contributed by atoms with Gasteiger partial charge < -0.3 is 105 Å². The number of carboxylic acid groups (broad SMARTS) is 2. The van der Waals surface area contributed by atoms with Gasteiger partial charge in [0.2, 0.25) is 65.0 Å². The zero-order valence-corrected chi connectivity index (χ0v) is 53.7. The van der Waals surface area contributed by atoms with E-state index in [1.807, 2.05) is 13.8 Å². The van der Waals surface area contributed by atoms with Crippen LogP contribution in [0.5, 0.6) is 5.75 Å². The number of aromatic amines is 2. The molecule has 0 radical (unpaired) electrons. The van der Waals surface area contributed by atoms with E-state index in [-0.39, 0.29) is 74.8 Å². The Morgan fingerprint density at radius 1 is 0.615 bits per heavy atom. The zero-order valence-electron chi connectivity index (χ0n) is 53.7. The second-order valence-corrected chi connectivity index (χ2v) is 24.3. The van der Waals surface area contributed by atoms with Gasteiger partial charge in [-0.15, -0.1) is 0 Å². The van der Waals surface area contributed by atoms with Gasteiger partial charge in [0.05, 0.1) is 38.1 Å². The fourth-order valence-corrected chi connectivity index (χ4v) is 10.6. The summed E-state index contributed by atoms with van der Waals surface area (Å²) in [5.74, 6) is -14.8. The number of aromatic hydroxyl groups is 1. The van der Waals surface area contributed by atoms with Gasteiger partial charge in [-0.1, -0.05) is 58.0 Å². The summed E-state index contributed by atoms with van der Waals surface area (Å²) in [4.78, 5) is 187. The monoisotopic (exact) mass is 1350 g/mol. The van der Waals surface area contributed by atoms with E-state index in [1.165, 1.54) is 43.0 Å². The van der Waals surface area contributed by atoms with Crippen LogP contribution in [-0.2, 0) is 81.6 Å². The van der Waals surface area contributed by atoms with Crippen molar-refractivity contribution in [1.82, 2.24) is 67.7 Å². The number of hydrogen-bond acceptors (Lipinski definition) is 19. The number of nitrogens with zero attached hydrogens (tertiary/aromatic N) is 2. The van der Waals surface area contributed by atoms with Gasteiger partial charge in [0, 0.05) is 61.2 Å². The number of H-pyrrole nitrogens is 2. The molecule has 12 atom stereocenters. The van der Waals surface area contributed by atoms with Crippen molar-refractivity contribution in [3.05, 3.63) is 84.1 Å². The molecule has 0 spiro atoms. The standard InChI is InChI=1S/C62H87N15O19/c1-30(2)19-38(63)52(85)69-41(21-33-12-14-36(81)15-13-33)57(90)76-51(32(5)80)60(93)75-47(28-79)61(94)77-18-8-11-48(77)59(92)74-46(27-78)58(91)71-43(23-35-26-65-29-67-35)55(88)70-42(22-34-25-66-39-10-7-6-9-37(34)39)54(87)68-40(16-17-50(83)84)53(86)72-44(24-49(64)82)56(89)73-45(62(95)96)20-31(3)4/h6-7,9-10,12-15,25-26,29-32,38,40-48,51,66,78-81H,8,11,16-24,27-28,63H2,1-5H3,(H2,64,82)(H,65,67)(H,68,87)(H,69,85)(H,70,88)(H,71,91)(H,72,86)(H,73,89)(H,74,92)(H,75,93)(H,76,90)(H,83,84)(H,95,96)/t32-,38+,40+,41+,42+,43+,44+,45+,46+,47+,48+,51+/m1/s1. The highest BCUT2D eigenvalue weighted by Crippen LogP contribution is 2.22. The lowest BCUT2D eigenvalue weighted by molar-refractivity contribution is -0.144. The molecule has 2 aromatic carbocycles. The van der Waals surface area contributed by atoms with Crippen LogP contribution in [0.15, 0.2) is 67.3 Å². The van der Waals surface area contributed by atoms with Crippen LogP contribution < -0.4 is 59.3 Å². The fourth-order valence-electron chi connectivity index (χ4n) is 10.6. The number of carbonyl (C=O) groups excluding carboxylic acids is 11. The van der Waals surface area contributed by atoms with Crippen molar-refractivity contribution >= 4 is 87.8 Å². The number of aliphatic carboxylic acids is 2. The first-order valence-electron chi connectivity index (χ1n) is 31.1. The molecule has 1 aliphatic heterocycles. The first-order valence-corrected chi connectivity index (χ1v) is 31.1. The topological polar surface area (TPSA) is 551 Å². The Morgan fingerprint density at radius 2 is 1.16 bits per heavy atom. The minimum absolute atomic E-state index is 0.00576. The minimum atomic E-state index is -1.85. The number of hydrogen-bond donors (Lipinski definition) is 19. The molecular weight excluding hydrogens is 1260 g/mol. The predicted octanol–water partition coefficient (Wildman–Crippen LogP) is -4.41. The Kier molecular flexibility index (Phi) is 29.2. The Labute approximate surface area is 551 Å². The molecule has 0 aliphatic carbocycles. The molecule has 1 aliphatic rings. The van der Waals surface area contributed by atoms with E-state index < -0.39 is 182 Å². The molecule has 34 heteroatoms. The highest BCUT2D eigenvalue weighted by atomic mass is 16.4. The van der Waals surface area contributed by atoms with Crippen LogP contribution in [0.2, 0.25) is 0 Å². The number of imidazole rings is 1. The number of amides is 11. The molecular formula is C62H87N15O19. The summed E-state index contributed by atoms with van der Waals surface area (Å²) in [5.41, 5.74) is 13.2. The summed E-state index contributed by atoms with van der Waals surface area (Å²) >= 11 is 0. The third-order valence-electron chi connectivity index (χ3n) is 15.6. The number of carboxylic acids is 2. The number of nitrogens with one attached hydrogen (secondary N) is 11. The number of aliphatic hydroxyl groups excluding tert-OH is 3. The molecule has 0 bridgehead atoms. The number of aliphatic hydroxyl groups is 3. The van der Waals surface area contributed by atoms with Crippen molar-refractivity contribution in [2.75, 3.05) is 19.8 Å². The lowest BCUT2D eigenvalue weighted by Gasteiger charge is -2.30. The molecule has 21 N–H and O–H groups in total. The molecule has 5 rings (SSSR count). The van der Waals surface area contributed by atoms with Crippen molar-refractivity contribution in [2.24, 2.45) is 23.3 Å². The average Bonchev–Trinajstić information content (AvgIpc) is 1.73. The first-order chi connectivity index (χ1) is 45.4. The SMILES string of the molecule is CC(C)C[C@H](NC(=O)[C@H](CC(N)=O)NC(=O)[C@H](CCC(=O)O)NC(=O)[C@H](Cc1c[nH]c2ccccc12)NC(=O)[C@H](Cc1cnc[nH]1)NC(=O)[C@H](CO)NC(=O)[C@@H]1CCCN1C(=O)[C@H](CO)NC(=O)[C@@H](NC(=O)[C@H](Cc1ccc(O)cc1)NC(=O)[C@@H](N)CC(C)C)[C@@H](C)O)C(=O)O. The second-order valence-electron chi connectivity index (χ2n) is 24.3. The Bertz CT molecular complexity index is 3380. The Balaban J connectivity index is 1.34. The third kappa shape index (κ3) is 23.1. The van der Waals surface area contributed by atoms with E-state index in [9.17, 15) is 93.0 Å². The van der Waals surface area contributed by atoms with E-state index in [1.54, 1.807) is 38.1 Å². The lowest BCUT2D eigenvalue weighted by Crippen LogP contribution is -2.62. The van der Waals surface area contributed by atoms with Gasteiger partial charge in [-0.2, -0.15) is 0 Å². The predicted molar refractivity (Wildman–Crippen MR) is 339 cm³/mol. The van der Waals surface area contributed by atoms with E-state index in [0.717, 1.165) is 11.8 Å². The molecule has 0 saturated carbocycles. The number of para-hydroxylation sites is 1. The third-order valence-corrected chi connectivity index (χ3v) is 15.6. The van der Waals surface area contributed by atoms with Crippen LogP contribution in [0, 0.1) is 11.8 Å². The number of fused-ring (bicyclic) bond motifs is 1. The number of carbonyl (C=O) groups is 13. The molecule has 3 heterocycles. The number of nitrogens with two attached hydrogens (primary N) is 2. The number of primary amides is 1. The number of aromatic nitrogens is 3. The van der Waals surface area contributed by atoms with Crippen molar-refractivity contribution in [3.8, 4) is 5.75 Å². The Hall–Kier alpha value is -10.1. The van der Waals surface area contributed by atoms with Crippen LogP contribution in [0.1, 0.15) is 96.4 Å². The van der Waals surface area contributed by atoms with Gasteiger partial charge in [0.1, 0.15) is 66.2 Å². The number of phenolic OH excluding ortho intramolecular Hbond substituents is 1. The van der Waals surface area contributed by atoms with Crippen LogP contribution in [0.3, 0.4) is 0 Å². The van der Waals surface area contributed by atoms with E-state index in [2.05, 4.69) is 62.8 Å². The van der Waals surface area contributed by atoms with Crippen molar-refractivity contribution in [2.45, 2.75) is 171 Å². The lowest BCUT2D eigenvalue weighted by atomic mass is 10.0. The summed E-state index contributed by atoms with van der Waals surface area (Å²) < 4.78 is 0. The van der Waals surface area contributed by atoms with Crippen molar-refractivity contribution in [3.63, 3.8) is 0 Å². The number of likely N-dealkylation sites (tertiary alicyclic amines) is 1. The largest absolute Gasteiger partial charge is 0.508 e. The molecule has 2 aromatic heterocycles. The number of phenols is 1. The molecule has 34 nitrogen and oxygen atoms in total. The zero-order chi connectivity index (χ0) is 71.1. The summed E-state index contributed by atoms with van der Waals surface area (Å²) in [6, 6.07) is -5.20. The normalized spacial score (nSPS) is 16.4. The molecule has 1 saturated heterocycles. The minimum Gasteiger partial charge on any atom is -0.508 e. The van der Waals surface area contributed by atoms with Gasteiger partial charge in [0.25, 0.3) is 0 Å². The highest BCUT2D eigenvalue weighted by Gasteiger charge is 2.42. The number of rotatable bonds is 38. The smallest absolute Gasteiger partial charge is 0.326 e. The molecule has 524 valence electrons. The van der Waals surface area contributed by atoms with E-state index in [4.69, 9.17) is 11.5 Å². The van der Waals surface area contributed by atoms with Gasteiger partial charge in [-0.3, -0.25) is 57.5 Å². The maximum atomic E-state index is 14.7. The van der Waals surface area contributed by atoms with Crippen molar-refractivity contribution < 1.29 is 93.0 Å². The average molecular weight is 1350 g/mol. The van der Waals surface area contributed by atoms with Gasteiger partial charge in [0.15, 0.2) is 0 Å². The molecule has 1 fully saturated rings. The highest BCUT2D eigenvalue weighted by molar-refractivity contribution is 6.00. The van der Waals surface area contributed by atoms with E-state index >= 15 is 0 Å². The first kappa shape index (κ1) is 76.7. The maximum absolute atomic E-state index is 14.7. The molecule has 11 amide bonds. The van der Waals surface area contributed by atoms with Crippen LogP contribution in [-0.4, -0.2) is 220 Å². The molecule has 96 heavy (non-hydrogen) atoms. The maximum Gasteiger partial charge on any atom is 0.326 e. The van der Waals surface area contributed by atoms with E-state index in [0.29, 0.717) is 22.0 Å². The summed E-state index contributed by atoms with van der Waals surface area (Å²) in [7, 11) is 0.